The molecule has 1 fully saturated rings. The van der Waals surface area contributed by atoms with E-state index in [-0.39, 0.29) is 10.4 Å². The van der Waals surface area contributed by atoms with Gasteiger partial charge in [0.25, 0.3) is 0 Å². The summed E-state index contributed by atoms with van der Waals surface area (Å²) in [6.07, 6.45) is 2.41. The van der Waals surface area contributed by atoms with Gasteiger partial charge >= 0.3 is 0 Å². The summed E-state index contributed by atoms with van der Waals surface area (Å²) < 4.78 is 1.27. The van der Waals surface area contributed by atoms with Crippen molar-refractivity contribution in [2.75, 3.05) is 5.75 Å². The first kappa shape index (κ1) is 11.1. The maximum Gasteiger partial charge on any atom is 0.0912 e. The van der Waals surface area contributed by atoms with Gasteiger partial charge in [-0.05, 0) is 43.9 Å². The fraction of sp³-hybridized carbons (Fsp3) is 0.538. The average Bonchev–Trinajstić information content (AvgIpc) is 2.71. The maximum absolute atomic E-state index is 3.83. The Bertz CT molecular complexity index is 444. The van der Waals surface area contributed by atoms with E-state index in [9.17, 15) is 0 Å². The number of fused-ring (bicyclic) bond motifs is 2. The lowest BCUT2D eigenvalue weighted by Gasteiger charge is -2.28. The van der Waals surface area contributed by atoms with Gasteiger partial charge in [-0.1, -0.05) is 28.1 Å². The highest BCUT2D eigenvalue weighted by Gasteiger charge is 2.48. The molecule has 86 valence electrons. The predicted molar refractivity (Wildman–Crippen MR) is 73.8 cm³/mol. The largest absolute Gasteiger partial charge is 0.293 e. The van der Waals surface area contributed by atoms with Crippen molar-refractivity contribution in [2.45, 2.75) is 37.1 Å². The fourth-order valence-corrected chi connectivity index (χ4v) is 5.01. The molecule has 1 heterocycles. The molecule has 0 saturated carbocycles. The Kier molecular flexibility index (Phi) is 2.43. The Morgan fingerprint density at radius 3 is 2.88 bits per heavy atom. The van der Waals surface area contributed by atoms with E-state index in [0.29, 0.717) is 0 Å². The molecule has 1 saturated heterocycles. The molecule has 3 rings (SSSR count). The molecule has 1 spiro atoms. The smallest absolute Gasteiger partial charge is 0.0912 e. The molecule has 1 aromatic carbocycles. The highest BCUT2D eigenvalue weighted by atomic mass is 79.9. The quantitative estimate of drug-likeness (QED) is 0.784. The van der Waals surface area contributed by atoms with Gasteiger partial charge in [-0.3, -0.25) is 5.32 Å². The van der Waals surface area contributed by atoms with Crippen LogP contribution in [-0.4, -0.2) is 11.3 Å². The van der Waals surface area contributed by atoms with Crippen molar-refractivity contribution in [3.05, 3.63) is 33.8 Å². The summed E-state index contributed by atoms with van der Waals surface area (Å²) in [5.41, 5.74) is 3.26. The van der Waals surface area contributed by atoms with Crippen LogP contribution in [0.25, 0.3) is 0 Å². The van der Waals surface area contributed by atoms with E-state index in [1.54, 1.807) is 0 Å². The molecule has 1 N–H and O–H groups in total. The summed E-state index contributed by atoms with van der Waals surface area (Å²) in [6.45, 7) is 4.59. The summed E-state index contributed by atoms with van der Waals surface area (Å²) in [5, 5.41) is 3.83. The second-order valence-electron chi connectivity index (χ2n) is 5.39. The minimum absolute atomic E-state index is 0.183. The second kappa shape index (κ2) is 3.50. The highest BCUT2D eigenvalue weighted by molar-refractivity contribution is 9.10. The van der Waals surface area contributed by atoms with Crippen molar-refractivity contribution in [2.24, 2.45) is 0 Å². The molecule has 1 nitrogen and oxygen atoms in total. The zero-order valence-corrected chi connectivity index (χ0v) is 12.0. The number of benzene rings is 1. The van der Waals surface area contributed by atoms with Gasteiger partial charge in [0.1, 0.15) is 0 Å². The van der Waals surface area contributed by atoms with Gasteiger partial charge in [0.05, 0.1) is 4.87 Å². The highest BCUT2D eigenvalue weighted by Crippen LogP contribution is 2.52. The number of nitrogens with one attached hydrogen (secondary N) is 1. The van der Waals surface area contributed by atoms with Crippen molar-refractivity contribution >= 4 is 27.7 Å². The summed E-state index contributed by atoms with van der Waals surface area (Å²) in [6, 6.07) is 6.60. The Hall–Kier alpha value is 0.01000. The van der Waals surface area contributed by atoms with E-state index < -0.39 is 0 Å². The first-order valence-electron chi connectivity index (χ1n) is 5.74. The first-order chi connectivity index (χ1) is 7.53. The number of hydrogen-bond acceptors (Lipinski definition) is 2. The molecule has 1 aliphatic heterocycles. The van der Waals surface area contributed by atoms with E-state index in [0.717, 1.165) is 0 Å². The zero-order valence-electron chi connectivity index (χ0n) is 9.64. The standard InChI is InChI=1S/C13H16BrNS/c1-12(2)8-16-13(15-12)7-6-9-10(13)4-3-5-11(9)14/h3-5,15H,6-8H2,1-2H3. The molecule has 3 heteroatoms. The van der Waals surface area contributed by atoms with Gasteiger partial charge in [-0.15, -0.1) is 11.8 Å². The van der Waals surface area contributed by atoms with Crippen molar-refractivity contribution in [1.29, 1.82) is 0 Å². The normalized spacial score (nSPS) is 30.9. The molecular formula is C13H16BrNS. The average molecular weight is 298 g/mol. The van der Waals surface area contributed by atoms with E-state index in [4.69, 9.17) is 0 Å². The molecule has 0 aromatic heterocycles. The van der Waals surface area contributed by atoms with Crippen LogP contribution in [-0.2, 0) is 11.3 Å². The van der Waals surface area contributed by atoms with Crippen molar-refractivity contribution in [1.82, 2.24) is 5.32 Å². The first-order valence-corrected chi connectivity index (χ1v) is 7.52. The Balaban J connectivity index is 2.07. The number of rotatable bonds is 0. The minimum atomic E-state index is 0.183. The fourth-order valence-electron chi connectivity index (χ4n) is 2.83. The van der Waals surface area contributed by atoms with Crippen LogP contribution < -0.4 is 5.32 Å². The van der Waals surface area contributed by atoms with E-state index in [1.165, 1.54) is 34.2 Å². The molecule has 1 aromatic rings. The number of hydrogen-bond donors (Lipinski definition) is 1. The SMILES string of the molecule is CC1(C)CSC2(CCc3c(Br)cccc32)N1. The third kappa shape index (κ3) is 1.56. The maximum atomic E-state index is 3.83. The molecule has 1 unspecified atom stereocenters. The van der Waals surface area contributed by atoms with Crippen molar-refractivity contribution < 1.29 is 0 Å². The molecule has 0 radical (unpaired) electrons. The lowest BCUT2D eigenvalue weighted by Crippen LogP contribution is -2.44. The lowest BCUT2D eigenvalue weighted by atomic mass is 10.0. The molecule has 2 aliphatic rings. The second-order valence-corrected chi connectivity index (χ2v) is 7.52. The van der Waals surface area contributed by atoms with Crippen molar-refractivity contribution in [3.63, 3.8) is 0 Å². The van der Waals surface area contributed by atoms with Gasteiger partial charge in [0.15, 0.2) is 0 Å². The van der Waals surface area contributed by atoms with Crippen LogP contribution in [0.3, 0.4) is 0 Å². The minimum Gasteiger partial charge on any atom is -0.293 e. The molecule has 1 aliphatic carbocycles. The molecular weight excluding hydrogens is 282 g/mol. The van der Waals surface area contributed by atoms with Crippen LogP contribution in [0, 0.1) is 0 Å². The Morgan fingerprint density at radius 2 is 2.19 bits per heavy atom. The zero-order chi connectivity index (χ0) is 11.4. The predicted octanol–water partition coefficient (Wildman–Crippen LogP) is 3.66. The number of thioether (sulfide) groups is 1. The molecule has 0 amide bonds. The third-order valence-corrected chi connectivity index (χ3v) is 6.13. The van der Waals surface area contributed by atoms with Gasteiger partial charge in [-0.25, -0.2) is 0 Å². The summed E-state index contributed by atoms with van der Waals surface area (Å²) >= 11 is 5.75. The van der Waals surface area contributed by atoms with Gasteiger partial charge < -0.3 is 0 Å². The molecule has 16 heavy (non-hydrogen) atoms. The summed E-state index contributed by atoms with van der Waals surface area (Å²) in [7, 11) is 0. The monoisotopic (exact) mass is 297 g/mol. The van der Waals surface area contributed by atoms with Crippen LogP contribution in [0.15, 0.2) is 22.7 Å². The summed E-state index contributed by atoms with van der Waals surface area (Å²) in [5.74, 6) is 1.19. The Morgan fingerprint density at radius 1 is 1.38 bits per heavy atom. The third-order valence-electron chi connectivity index (χ3n) is 3.50. The Labute approximate surface area is 110 Å². The molecule has 1 atom stereocenters. The van der Waals surface area contributed by atoms with Gasteiger partial charge in [0, 0.05) is 15.8 Å². The number of halogens is 1. The van der Waals surface area contributed by atoms with Crippen LogP contribution >= 0.6 is 27.7 Å². The van der Waals surface area contributed by atoms with E-state index >= 15 is 0 Å². The molecule has 0 bridgehead atoms. The van der Waals surface area contributed by atoms with Gasteiger partial charge in [0.2, 0.25) is 0 Å². The van der Waals surface area contributed by atoms with Crippen LogP contribution in [0.4, 0.5) is 0 Å². The van der Waals surface area contributed by atoms with Gasteiger partial charge in [-0.2, -0.15) is 0 Å². The lowest BCUT2D eigenvalue weighted by molar-refractivity contribution is 0.368. The van der Waals surface area contributed by atoms with Crippen LogP contribution in [0.2, 0.25) is 0 Å². The van der Waals surface area contributed by atoms with E-state index in [1.807, 2.05) is 0 Å². The van der Waals surface area contributed by atoms with Crippen LogP contribution in [0.1, 0.15) is 31.4 Å². The topological polar surface area (TPSA) is 12.0 Å². The summed E-state index contributed by atoms with van der Waals surface area (Å²) in [4.78, 5) is 0.183. The van der Waals surface area contributed by atoms with Crippen molar-refractivity contribution in [3.8, 4) is 0 Å². The van der Waals surface area contributed by atoms with Crippen LogP contribution in [0.5, 0.6) is 0 Å². The van der Waals surface area contributed by atoms with E-state index in [2.05, 4.69) is 65.1 Å².